The fourth-order valence-electron chi connectivity index (χ4n) is 3.21. The van der Waals surface area contributed by atoms with Crippen LogP contribution < -0.4 is 5.73 Å². The van der Waals surface area contributed by atoms with Crippen LogP contribution in [0.1, 0.15) is 37.6 Å². The Hall–Kier alpha value is -2.14. The average Bonchev–Trinajstić information content (AvgIpc) is 2.81. The lowest BCUT2D eigenvalue weighted by Gasteiger charge is -2.34. The van der Waals surface area contributed by atoms with Crippen molar-refractivity contribution in [2.24, 2.45) is 11.1 Å². The molecule has 0 aliphatic heterocycles. The summed E-state index contributed by atoms with van der Waals surface area (Å²) >= 11 is 0. The second-order valence-corrected chi connectivity index (χ2v) is 6.51. The molecule has 1 aliphatic carbocycles. The highest BCUT2D eigenvalue weighted by Gasteiger charge is 2.32. The zero-order valence-corrected chi connectivity index (χ0v) is 12.2. The van der Waals surface area contributed by atoms with E-state index in [9.17, 15) is 10.1 Å². The maximum Gasteiger partial charge on any atom is 0.269 e. The van der Waals surface area contributed by atoms with Crippen LogP contribution in [0.5, 0.6) is 0 Å². The zero-order valence-electron chi connectivity index (χ0n) is 12.2. The maximum absolute atomic E-state index is 10.7. The molecule has 0 fully saturated rings. The highest BCUT2D eigenvalue weighted by Crippen LogP contribution is 2.40. The third kappa shape index (κ3) is 2.45. The quantitative estimate of drug-likeness (QED) is 0.679. The van der Waals surface area contributed by atoms with Crippen molar-refractivity contribution >= 4 is 5.69 Å². The molecule has 1 aromatic carbocycles. The molecule has 1 heterocycles. The number of rotatable bonds is 2. The predicted octanol–water partition coefficient (Wildman–Crippen LogP) is 3.36. The van der Waals surface area contributed by atoms with Gasteiger partial charge in [0.15, 0.2) is 0 Å². The van der Waals surface area contributed by atoms with Gasteiger partial charge in [0.2, 0.25) is 0 Å². The minimum atomic E-state index is -0.381. The predicted molar refractivity (Wildman–Crippen MR) is 81.5 cm³/mol. The van der Waals surface area contributed by atoms with Crippen LogP contribution in [0.4, 0.5) is 5.69 Å². The Morgan fingerprint density at radius 2 is 1.95 bits per heavy atom. The van der Waals surface area contributed by atoms with Crippen LogP contribution >= 0.6 is 0 Å². The number of non-ortho nitro benzene ring substituents is 1. The first-order valence-corrected chi connectivity index (χ1v) is 7.08. The SMILES string of the molecule is CC1(C)Cc2c(ccn2-c2ccc([N+](=O)[O-])cc2)C(N)C1. The molecule has 2 N–H and O–H groups in total. The van der Waals surface area contributed by atoms with Crippen LogP contribution in [0, 0.1) is 15.5 Å². The summed E-state index contributed by atoms with van der Waals surface area (Å²) in [6, 6.07) is 8.77. The molecular formula is C16H19N3O2. The molecule has 0 saturated carbocycles. The van der Waals surface area contributed by atoms with E-state index in [-0.39, 0.29) is 22.1 Å². The number of fused-ring (bicyclic) bond motifs is 1. The summed E-state index contributed by atoms with van der Waals surface area (Å²) in [6.07, 6.45) is 3.94. The lowest BCUT2D eigenvalue weighted by Crippen LogP contribution is -2.30. The first kappa shape index (κ1) is 13.8. The molecule has 3 rings (SSSR count). The van der Waals surface area contributed by atoms with Crippen LogP contribution in [0.3, 0.4) is 0 Å². The summed E-state index contributed by atoms with van der Waals surface area (Å²) < 4.78 is 2.10. The molecule has 1 atom stereocenters. The molecule has 110 valence electrons. The first-order chi connectivity index (χ1) is 9.87. The molecule has 1 aliphatic rings. The molecule has 0 saturated heterocycles. The van der Waals surface area contributed by atoms with Gasteiger partial charge in [0, 0.05) is 35.8 Å². The Labute approximate surface area is 123 Å². The molecular weight excluding hydrogens is 266 g/mol. The molecule has 0 amide bonds. The van der Waals surface area contributed by atoms with Gasteiger partial charge in [-0.15, -0.1) is 0 Å². The second-order valence-electron chi connectivity index (χ2n) is 6.51. The van der Waals surface area contributed by atoms with Crippen molar-refractivity contribution in [2.75, 3.05) is 0 Å². The monoisotopic (exact) mass is 285 g/mol. The van der Waals surface area contributed by atoms with Gasteiger partial charge in [-0.3, -0.25) is 10.1 Å². The van der Waals surface area contributed by atoms with Gasteiger partial charge in [0.1, 0.15) is 0 Å². The van der Waals surface area contributed by atoms with E-state index in [1.807, 2.05) is 6.20 Å². The number of benzene rings is 1. The van der Waals surface area contributed by atoms with Crippen LogP contribution in [-0.4, -0.2) is 9.49 Å². The number of nitro benzene ring substituents is 1. The summed E-state index contributed by atoms with van der Waals surface area (Å²) in [6.45, 7) is 4.45. The molecule has 0 radical (unpaired) electrons. The van der Waals surface area contributed by atoms with Crippen LogP contribution in [0.15, 0.2) is 36.5 Å². The first-order valence-electron chi connectivity index (χ1n) is 7.08. The van der Waals surface area contributed by atoms with E-state index in [1.54, 1.807) is 12.1 Å². The van der Waals surface area contributed by atoms with Crippen molar-refractivity contribution < 1.29 is 4.92 Å². The Kier molecular flexibility index (Phi) is 3.10. The zero-order chi connectivity index (χ0) is 15.2. The lowest BCUT2D eigenvalue weighted by molar-refractivity contribution is -0.384. The van der Waals surface area contributed by atoms with Gasteiger partial charge in [-0.25, -0.2) is 0 Å². The molecule has 1 unspecified atom stereocenters. The van der Waals surface area contributed by atoms with Crippen molar-refractivity contribution in [1.29, 1.82) is 0 Å². The molecule has 21 heavy (non-hydrogen) atoms. The van der Waals surface area contributed by atoms with Gasteiger partial charge in [0.05, 0.1) is 4.92 Å². The fraction of sp³-hybridized carbons (Fsp3) is 0.375. The van der Waals surface area contributed by atoms with Gasteiger partial charge < -0.3 is 10.3 Å². The minimum Gasteiger partial charge on any atom is -0.324 e. The van der Waals surface area contributed by atoms with Gasteiger partial charge in [-0.1, -0.05) is 13.8 Å². The molecule has 5 heteroatoms. The minimum absolute atomic E-state index is 0.0584. The fourth-order valence-corrected chi connectivity index (χ4v) is 3.21. The van der Waals surface area contributed by atoms with E-state index in [1.165, 1.54) is 23.4 Å². The largest absolute Gasteiger partial charge is 0.324 e. The van der Waals surface area contributed by atoms with Gasteiger partial charge in [0.25, 0.3) is 5.69 Å². The number of nitro groups is 1. The Morgan fingerprint density at radius 1 is 1.29 bits per heavy atom. The summed E-state index contributed by atoms with van der Waals surface area (Å²) in [4.78, 5) is 10.4. The van der Waals surface area contributed by atoms with Crippen molar-refractivity contribution in [1.82, 2.24) is 4.57 Å². The van der Waals surface area contributed by atoms with E-state index < -0.39 is 0 Å². The number of hydrogen-bond acceptors (Lipinski definition) is 3. The Balaban J connectivity index is 2.03. The maximum atomic E-state index is 10.7. The molecule has 2 aromatic rings. The van der Waals surface area contributed by atoms with E-state index >= 15 is 0 Å². The van der Waals surface area contributed by atoms with Crippen molar-refractivity contribution in [3.05, 3.63) is 57.9 Å². The number of aromatic nitrogens is 1. The molecule has 1 aromatic heterocycles. The van der Waals surface area contributed by atoms with Crippen molar-refractivity contribution in [2.45, 2.75) is 32.7 Å². The summed E-state index contributed by atoms with van der Waals surface area (Å²) in [5, 5.41) is 10.7. The highest BCUT2D eigenvalue weighted by atomic mass is 16.6. The molecule has 5 nitrogen and oxygen atoms in total. The van der Waals surface area contributed by atoms with Gasteiger partial charge in [-0.05, 0) is 42.0 Å². The number of hydrogen-bond donors (Lipinski definition) is 1. The van der Waals surface area contributed by atoms with E-state index in [0.717, 1.165) is 18.5 Å². The topological polar surface area (TPSA) is 74.1 Å². The average molecular weight is 285 g/mol. The summed E-state index contributed by atoms with van der Waals surface area (Å²) in [5.74, 6) is 0. The lowest BCUT2D eigenvalue weighted by atomic mass is 9.74. The van der Waals surface area contributed by atoms with Crippen molar-refractivity contribution in [3.63, 3.8) is 0 Å². The highest BCUT2D eigenvalue weighted by molar-refractivity contribution is 5.45. The smallest absolute Gasteiger partial charge is 0.269 e. The second kappa shape index (κ2) is 4.70. The van der Waals surface area contributed by atoms with Crippen molar-refractivity contribution in [3.8, 4) is 5.69 Å². The van der Waals surface area contributed by atoms with E-state index in [0.29, 0.717) is 0 Å². The number of nitrogens with two attached hydrogens (primary N) is 1. The van der Waals surface area contributed by atoms with E-state index in [2.05, 4.69) is 24.5 Å². The van der Waals surface area contributed by atoms with Crippen LogP contribution in [-0.2, 0) is 6.42 Å². The summed E-state index contributed by atoms with van der Waals surface area (Å²) in [5.41, 5.74) is 9.89. The van der Waals surface area contributed by atoms with Crippen LogP contribution in [0.2, 0.25) is 0 Å². The normalized spacial score (nSPS) is 20.0. The van der Waals surface area contributed by atoms with Crippen LogP contribution in [0.25, 0.3) is 5.69 Å². The third-order valence-corrected chi connectivity index (χ3v) is 4.18. The van der Waals surface area contributed by atoms with E-state index in [4.69, 9.17) is 5.73 Å². The molecule has 0 spiro atoms. The Morgan fingerprint density at radius 3 is 2.57 bits per heavy atom. The van der Waals surface area contributed by atoms with Gasteiger partial charge >= 0.3 is 0 Å². The molecule has 0 bridgehead atoms. The summed E-state index contributed by atoms with van der Waals surface area (Å²) in [7, 11) is 0. The van der Waals surface area contributed by atoms with Gasteiger partial charge in [-0.2, -0.15) is 0 Å². The third-order valence-electron chi connectivity index (χ3n) is 4.18. The Bertz CT molecular complexity index is 686. The standard InChI is InChI=1S/C16H19N3O2/c1-16(2)9-14(17)13-7-8-18(15(13)10-16)11-3-5-12(6-4-11)19(20)21/h3-8,14H,9-10,17H2,1-2H3. The number of nitrogens with zero attached hydrogens (tertiary/aromatic N) is 2.